The van der Waals surface area contributed by atoms with Gasteiger partial charge in [-0.05, 0) is 30.1 Å². The van der Waals surface area contributed by atoms with Crippen molar-refractivity contribution in [1.29, 1.82) is 0 Å². The summed E-state index contributed by atoms with van der Waals surface area (Å²) < 4.78 is 0. The summed E-state index contributed by atoms with van der Waals surface area (Å²) in [5.74, 6) is 0. The van der Waals surface area contributed by atoms with Crippen LogP contribution < -0.4 is 5.32 Å². The van der Waals surface area contributed by atoms with E-state index in [0.29, 0.717) is 11.5 Å². The number of thioether (sulfide) groups is 1. The van der Waals surface area contributed by atoms with E-state index >= 15 is 0 Å². The van der Waals surface area contributed by atoms with Crippen molar-refractivity contribution in [3.05, 3.63) is 0 Å². The van der Waals surface area contributed by atoms with E-state index in [4.69, 9.17) is 0 Å². The third kappa shape index (κ3) is 2.90. The zero-order valence-electron chi connectivity index (χ0n) is 10.3. The predicted molar refractivity (Wildman–Crippen MR) is 67.0 cm³/mol. The van der Waals surface area contributed by atoms with Crippen molar-refractivity contribution in [2.45, 2.75) is 64.0 Å². The zero-order valence-corrected chi connectivity index (χ0v) is 11.1. The standard InChI is InChI=1S/C12H25NS/c1-6-13-11-10(14-9(2)3)7-8-12(11,4)5/h9-11,13H,6-8H2,1-5H3. The minimum absolute atomic E-state index is 0.489. The van der Waals surface area contributed by atoms with E-state index in [2.05, 4.69) is 51.7 Å². The SMILES string of the molecule is CCNC1C(SC(C)C)CCC1(C)C. The molecule has 1 rings (SSSR count). The van der Waals surface area contributed by atoms with Gasteiger partial charge >= 0.3 is 0 Å². The molecule has 0 aliphatic heterocycles. The van der Waals surface area contributed by atoms with Crippen molar-refractivity contribution in [1.82, 2.24) is 5.32 Å². The van der Waals surface area contributed by atoms with Crippen molar-refractivity contribution in [2.75, 3.05) is 6.54 Å². The minimum Gasteiger partial charge on any atom is -0.313 e. The van der Waals surface area contributed by atoms with Gasteiger partial charge in [0, 0.05) is 11.3 Å². The highest BCUT2D eigenvalue weighted by Crippen LogP contribution is 2.43. The lowest BCUT2D eigenvalue weighted by Crippen LogP contribution is -2.43. The van der Waals surface area contributed by atoms with Gasteiger partial charge in [-0.25, -0.2) is 0 Å². The quantitative estimate of drug-likeness (QED) is 0.772. The van der Waals surface area contributed by atoms with Gasteiger partial charge in [0.15, 0.2) is 0 Å². The second-order valence-corrected chi connectivity index (χ2v) is 7.11. The van der Waals surface area contributed by atoms with Crippen molar-refractivity contribution in [2.24, 2.45) is 5.41 Å². The summed E-state index contributed by atoms with van der Waals surface area (Å²) in [6.07, 6.45) is 2.75. The molecular weight excluding hydrogens is 190 g/mol. The van der Waals surface area contributed by atoms with E-state index in [-0.39, 0.29) is 0 Å². The van der Waals surface area contributed by atoms with E-state index in [1.807, 2.05) is 0 Å². The van der Waals surface area contributed by atoms with Crippen molar-refractivity contribution in [3.8, 4) is 0 Å². The van der Waals surface area contributed by atoms with Crippen molar-refractivity contribution >= 4 is 11.8 Å². The normalized spacial score (nSPS) is 31.3. The van der Waals surface area contributed by atoms with Gasteiger partial charge in [-0.2, -0.15) is 11.8 Å². The van der Waals surface area contributed by atoms with Gasteiger partial charge in [0.2, 0.25) is 0 Å². The Morgan fingerprint density at radius 1 is 1.43 bits per heavy atom. The predicted octanol–water partition coefficient (Wildman–Crippen LogP) is 3.29. The van der Waals surface area contributed by atoms with Crippen LogP contribution in [0.25, 0.3) is 0 Å². The van der Waals surface area contributed by atoms with Crippen LogP contribution in [-0.2, 0) is 0 Å². The lowest BCUT2D eigenvalue weighted by Gasteiger charge is -2.31. The van der Waals surface area contributed by atoms with Crippen LogP contribution in [0.3, 0.4) is 0 Å². The molecule has 1 aliphatic carbocycles. The van der Waals surface area contributed by atoms with Gasteiger partial charge in [-0.15, -0.1) is 0 Å². The summed E-state index contributed by atoms with van der Waals surface area (Å²) in [6, 6.07) is 0.708. The fourth-order valence-corrected chi connectivity index (χ4v) is 4.04. The highest BCUT2D eigenvalue weighted by molar-refractivity contribution is 8.00. The van der Waals surface area contributed by atoms with E-state index in [1.165, 1.54) is 12.8 Å². The second kappa shape index (κ2) is 4.89. The Hall–Kier alpha value is 0.310. The summed E-state index contributed by atoms with van der Waals surface area (Å²) in [5.41, 5.74) is 0.489. The first-order valence-corrected chi connectivity index (χ1v) is 6.80. The van der Waals surface area contributed by atoms with E-state index in [9.17, 15) is 0 Å². The van der Waals surface area contributed by atoms with E-state index in [0.717, 1.165) is 17.0 Å². The Morgan fingerprint density at radius 3 is 2.57 bits per heavy atom. The first-order chi connectivity index (χ1) is 6.47. The average Bonchev–Trinajstić information content (AvgIpc) is 2.31. The van der Waals surface area contributed by atoms with Crippen LogP contribution in [0.5, 0.6) is 0 Å². The molecule has 1 N–H and O–H groups in total. The largest absolute Gasteiger partial charge is 0.313 e. The molecule has 1 saturated carbocycles. The second-order valence-electron chi connectivity index (χ2n) is 5.29. The Bertz CT molecular complexity index is 177. The summed E-state index contributed by atoms with van der Waals surface area (Å²) in [5, 5.41) is 5.25. The Morgan fingerprint density at radius 2 is 2.07 bits per heavy atom. The van der Waals surface area contributed by atoms with Crippen LogP contribution >= 0.6 is 11.8 Å². The lowest BCUT2D eigenvalue weighted by molar-refractivity contribution is 0.290. The fraction of sp³-hybridized carbons (Fsp3) is 1.00. The molecule has 1 fully saturated rings. The highest BCUT2D eigenvalue weighted by atomic mass is 32.2. The number of rotatable bonds is 4. The maximum absolute atomic E-state index is 3.67. The fourth-order valence-electron chi connectivity index (χ4n) is 2.46. The molecule has 0 aromatic heterocycles. The molecule has 2 unspecified atom stereocenters. The summed E-state index contributed by atoms with van der Waals surface area (Å²) in [4.78, 5) is 0. The molecule has 0 radical (unpaired) electrons. The Labute approximate surface area is 93.4 Å². The van der Waals surface area contributed by atoms with E-state index < -0.39 is 0 Å². The first-order valence-electron chi connectivity index (χ1n) is 5.86. The van der Waals surface area contributed by atoms with Gasteiger partial charge in [-0.1, -0.05) is 34.6 Å². The van der Waals surface area contributed by atoms with Gasteiger partial charge in [-0.3, -0.25) is 0 Å². The molecule has 2 heteroatoms. The summed E-state index contributed by atoms with van der Waals surface area (Å²) >= 11 is 2.15. The molecule has 0 aromatic rings. The highest BCUT2D eigenvalue weighted by Gasteiger charge is 2.41. The van der Waals surface area contributed by atoms with Crippen LogP contribution in [0.1, 0.15) is 47.5 Å². The molecule has 1 nitrogen and oxygen atoms in total. The zero-order chi connectivity index (χ0) is 10.8. The molecule has 2 atom stereocenters. The Balaban J connectivity index is 2.59. The molecule has 0 amide bonds. The van der Waals surface area contributed by atoms with Gasteiger partial charge in [0.05, 0.1) is 0 Å². The topological polar surface area (TPSA) is 12.0 Å². The maximum atomic E-state index is 3.67. The van der Waals surface area contributed by atoms with E-state index in [1.54, 1.807) is 0 Å². The molecule has 0 aromatic carbocycles. The minimum atomic E-state index is 0.489. The molecule has 0 heterocycles. The molecule has 84 valence electrons. The third-order valence-corrected chi connectivity index (χ3v) is 4.56. The number of hydrogen-bond donors (Lipinski definition) is 1. The monoisotopic (exact) mass is 215 g/mol. The van der Waals surface area contributed by atoms with Crippen LogP contribution in [0.15, 0.2) is 0 Å². The van der Waals surface area contributed by atoms with Gasteiger partial charge in [0.1, 0.15) is 0 Å². The van der Waals surface area contributed by atoms with Crippen molar-refractivity contribution < 1.29 is 0 Å². The first kappa shape index (κ1) is 12.4. The summed E-state index contributed by atoms with van der Waals surface area (Å²) in [6.45, 7) is 12.7. The van der Waals surface area contributed by atoms with Crippen LogP contribution in [0.4, 0.5) is 0 Å². The molecule has 0 saturated heterocycles. The number of nitrogens with one attached hydrogen (secondary N) is 1. The van der Waals surface area contributed by atoms with Crippen LogP contribution in [-0.4, -0.2) is 23.1 Å². The smallest absolute Gasteiger partial charge is 0.0237 e. The van der Waals surface area contributed by atoms with Gasteiger partial charge < -0.3 is 5.32 Å². The Kier molecular flexibility index (Phi) is 4.32. The molecular formula is C12H25NS. The van der Waals surface area contributed by atoms with Crippen LogP contribution in [0.2, 0.25) is 0 Å². The lowest BCUT2D eigenvalue weighted by atomic mass is 9.87. The molecule has 1 aliphatic rings. The summed E-state index contributed by atoms with van der Waals surface area (Å²) in [7, 11) is 0. The maximum Gasteiger partial charge on any atom is 0.0237 e. The molecule has 14 heavy (non-hydrogen) atoms. The molecule has 0 spiro atoms. The number of hydrogen-bond acceptors (Lipinski definition) is 2. The van der Waals surface area contributed by atoms with Crippen LogP contribution in [0, 0.1) is 5.41 Å². The molecule has 0 bridgehead atoms. The third-order valence-electron chi connectivity index (χ3n) is 3.16. The average molecular weight is 215 g/mol. The van der Waals surface area contributed by atoms with Crippen molar-refractivity contribution in [3.63, 3.8) is 0 Å². The van der Waals surface area contributed by atoms with Gasteiger partial charge in [0.25, 0.3) is 0 Å².